The van der Waals surface area contributed by atoms with Crippen LogP contribution in [-0.2, 0) is 20.7 Å². The number of rotatable bonds is 9. The van der Waals surface area contributed by atoms with E-state index in [1.54, 1.807) is 14.0 Å². The van der Waals surface area contributed by atoms with Gasteiger partial charge < -0.3 is 23.7 Å². The lowest BCUT2D eigenvalue weighted by molar-refractivity contribution is -0.140. The molecule has 0 amide bonds. The van der Waals surface area contributed by atoms with E-state index < -0.39 is 0 Å². The number of hydrogen-bond donors (Lipinski definition) is 0. The smallest absolute Gasteiger partial charge is 0.307 e. The van der Waals surface area contributed by atoms with Crippen molar-refractivity contribution in [2.24, 2.45) is 0 Å². The fourth-order valence-electron chi connectivity index (χ4n) is 5.25. The average molecular weight is 528 g/mol. The highest BCUT2D eigenvalue weighted by Gasteiger charge is 2.29. The molecule has 2 heterocycles. The van der Waals surface area contributed by atoms with Crippen LogP contribution in [0, 0.1) is 11.8 Å². The van der Waals surface area contributed by atoms with E-state index >= 15 is 0 Å². The van der Waals surface area contributed by atoms with Crippen molar-refractivity contribution >= 4 is 5.97 Å². The Morgan fingerprint density at radius 3 is 2.59 bits per heavy atom. The summed E-state index contributed by atoms with van der Waals surface area (Å²) in [6.45, 7) is 3.11. The number of methoxy groups -OCH3 is 2. The van der Waals surface area contributed by atoms with Crippen molar-refractivity contribution < 1.29 is 28.5 Å². The summed E-state index contributed by atoms with van der Waals surface area (Å²) in [6, 6.07) is 15.9. The maximum atomic E-state index is 11.8. The quantitative estimate of drug-likeness (QED) is 0.262. The van der Waals surface area contributed by atoms with E-state index in [0.29, 0.717) is 12.5 Å². The molecule has 202 valence electrons. The van der Waals surface area contributed by atoms with Gasteiger partial charge in [0.15, 0.2) is 0 Å². The van der Waals surface area contributed by atoms with Crippen molar-refractivity contribution in [3.05, 3.63) is 71.4 Å². The van der Waals surface area contributed by atoms with E-state index in [0.717, 1.165) is 59.6 Å². The third-order valence-corrected chi connectivity index (χ3v) is 7.21. The van der Waals surface area contributed by atoms with Crippen LogP contribution in [0.15, 0.2) is 54.7 Å². The molecule has 7 heteroatoms. The van der Waals surface area contributed by atoms with Crippen LogP contribution < -0.4 is 14.2 Å². The first-order chi connectivity index (χ1) is 19.1. The number of aromatic nitrogens is 1. The Hall–Kier alpha value is -4.02. The second-order valence-electron chi connectivity index (χ2n) is 9.64. The molecule has 0 N–H and O–H groups in total. The highest BCUT2D eigenvalue weighted by atomic mass is 16.5. The molecule has 1 aliphatic heterocycles. The number of carbonyl (C=O) groups is 1. The Labute approximate surface area is 229 Å². The van der Waals surface area contributed by atoms with E-state index in [2.05, 4.69) is 22.9 Å². The summed E-state index contributed by atoms with van der Waals surface area (Å²) in [6.07, 6.45) is 4.66. The van der Waals surface area contributed by atoms with E-state index in [9.17, 15) is 4.79 Å². The summed E-state index contributed by atoms with van der Waals surface area (Å²) < 4.78 is 28.4. The molecule has 5 rings (SSSR count). The number of esters is 1. The standard InChI is InChI=1S/C32H33NO6/c1-4-5-22(18-31(34)36-3)21-6-9-24(10-7-21)38-28-13-12-27-26(28)11-14-29(35-2)32(27)23-8-15-30(33-19-23)39-25-16-17-37-20-25/h6-11,14-15,19,22,25,28H,12-13,16-18,20H2,1-3H3/t22?,25?,28-/m1/s1. The van der Waals surface area contributed by atoms with Crippen LogP contribution in [0.3, 0.4) is 0 Å². The molecule has 3 aromatic rings. The number of benzene rings is 2. The van der Waals surface area contributed by atoms with Gasteiger partial charge in [0.2, 0.25) is 5.88 Å². The second-order valence-corrected chi connectivity index (χ2v) is 9.64. The predicted molar refractivity (Wildman–Crippen MR) is 147 cm³/mol. The van der Waals surface area contributed by atoms with Crippen LogP contribution in [0.4, 0.5) is 0 Å². The van der Waals surface area contributed by atoms with Crippen molar-refractivity contribution in [2.45, 2.75) is 50.7 Å². The number of pyridine rings is 1. The van der Waals surface area contributed by atoms with Gasteiger partial charge in [-0.15, -0.1) is 5.92 Å². The lowest BCUT2D eigenvalue weighted by Crippen LogP contribution is -2.16. The van der Waals surface area contributed by atoms with E-state index in [-0.39, 0.29) is 30.5 Å². The monoisotopic (exact) mass is 527 g/mol. The summed E-state index contributed by atoms with van der Waals surface area (Å²) in [5.74, 6) is 7.71. The van der Waals surface area contributed by atoms with Gasteiger partial charge in [0.25, 0.3) is 0 Å². The van der Waals surface area contributed by atoms with Crippen LogP contribution in [0.5, 0.6) is 17.4 Å². The van der Waals surface area contributed by atoms with Gasteiger partial charge in [-0.2, -0.15) is 0 Å². The van der Waals surface area contributed by atoms with Gasteiger partial charge in [-0.3, -0.25) is 4.79 Å². The fraction of sp³-hybridized carbons (Fsp3) is 0.375. The third kappa shape index (κ3) is 6.02. The molecular weight excluding hydrogens is 494 g/mol. The molecule has 1 fully saturated rings. The molecule has 1 aliphatic carbocycles. The van der Waals surface area contributed by atoms with Crippen molar-refractivity contribution in [2.75, 3.05) is 27.4 Å². The number of carbonyl (C=O) groups excluding carboxylic acids is 1. The van der Waals surface area contributed by atoms with Crippen molar-refractivity contribution in [3.8, 4) is 40.3 Å². The Morgan fingerprint density at radius 1 is 1.08 bits per heavy atom. The highest BCUT2D eigenvalue weighted by Crippen LogP contribution is 2.44. The van der Waals surface area contributed by atoms with Crippen molar-refractivity contribution in [1.82, 2.24) is 4.98 Å². The Bertz CT molecular complexity index is 1350. The van der Waals surface area contributed by atoms with Crippen LogP contribution in [-0.4, -0.2) is 44.5 Å². The molecule has 3 atom stereocenters. The molecule has 0 spiro atoms. The molecule has 2 aliphatic rings. The lowest BCUT2D eigenvalue weighted by atomic mass is 9.96. The number of fused-ring (bicyclic) bond motifs is 1. The number of nitrogens with zero attached hydrogens (tertiary/aromatic N) is 1. The minimum absolute atomic E-state index is 0.0594. The maximum absolute atomic E-state index is 11.8. The number of ether oxygens (including phenoxy) is 5. The molecule has 0 saturated carbocycles. The Kier molecular flexibility index (Phi) is 8.33. The molecule has 39 heavy (non-hydrogen) atoms. The summed E-state index contributed by atoms with van der Waals surface area (Å²) >= 11 is 0. The molecule has 1 saturated heterocycles. The van der Waals surface area contributed by atoms with E-state index in [1.807, 2.05) is 48.7 Å². The first-order valence-electron chi connectivity index (χ1n) is 13.3. The molecule has 2 unspecified atom stereocenters. The zero-order chi connectivity index (χ0) is 27.2. The zero-order valence-electron chi connectivity index (χ0n) is 22.6. The predicted octanol–water partition coefficient (Wildman–Crippen LogP) is 5.66. The Morgan fingerprint density at radius 2 is 1.92 bits per heavy atom. The topological polar surface area (TPSA) is 76.1 Å². The fourth-order valence-corrected chi connectivity index (χ4v) is 5.25. The second kappa shape index (κ2) is 12.2. The SMILES string of the molecule is CC#CC(CC(=O)OC)c1ccc(O[C@@H]2CCc3c2ccc(OC)c3-c2ccc(OC3CCOC3)nc2)cc1. The van der Waals surface area contributed by atoms with Crippen LogP contribution in [0.1, 0.15) is 54.9 Å². The van der Waals surface area contributed by atoms with Gasteiger partial charge in [0.1, 0.15) is 23.7 Å². The van der Waals surface area contributed by atoms with Gasteiger partial charge in [-0.05, 0) is 60.7 Å². The van der Waals surface area contributed by atoms with Gasteiger partial charge >= 0.3 is 5.97 Å². The number of hydrogen-bond acceptors (Lipinski definition) is 7. The zero-order valence-corrected chi connectivity index (χ0v) is 22.6. The normalized spacial score (nSPS) is 18.4. The van der Waals surface area contributed by atoms with Gasteiger partial charge in [0.05, 0.1) is 39.8 Å². The minimum Gasteiger partial charge on any atom is -0.496 e. The first kappa shape index (κ1) is 26.6. The molecule has 0 bridgehead atoms. The van der Waals surface area contributed by atoms with E-state index in [1.165, 1.54) is 12.7 Å². The van der Waals surface area contributed by atoms with Gasteiger partial charge in [-0.25, -0.2) is 4.98 Å². The Balaban J connectivity index is 1.34. The van der Waals surface area contributed by atoms with Crippen LogP contribution in [0.25, 0.3) is 11.1 Å². The molecule has 7 nitrogen and oxygen atoms in total. The molecule has 0 radical (unpaired) electrons. The highest BCUT2D eigenvalue weighted by molar-refractivity contribution is 5.76. The minimum atomic E-state index is -0.280. The van der Waals surface area contributed by atoms with Crippen molar-refractivity contribution in [3.63, 3.8) is 0 Å². The van der Waals surface area contributed by atoms with Gasteiger partial charge in [-0.1, -0.05) is 24.1 Å². The average Bonchev–Trinajstić information content (AvgIpc) is 3.63. The van der Waals surface area contributed by atoms with Crippen LogP contribution in [0.2, 0.25) is 0 Å². The maximum Gasteiger partial charge on any atom is 0.307 e. The van der Waals surface area contributed by atoms with Gasteiger partial charge in [0, 0.05) is 29.8 Å². The summed E-state index contributed by atoms with van der Waals surface area (Å²) in [5, 5.41) is 0. The first-order valence-corrected chi connectivity index (χ1v) is 13.3. The molecular formula is C32H33NO6. The van der Waals surface area contributed by atoms with E-state index in [4.69, 9.17) is 23.7 Å². The molecule has 2 aromatic carbocycles. The van der Waals surface area contributed by atoms with Crippen LogP contribution >= 0.6 is 0 Å². The van der Waals surface area contributed by atoms with Crippen molar-refractivity contribution in [1.29, 1.82) is 0 Å². The largest absolute Gasteiger partial charge is 0.496 e. The third-order valence-electron chi connectivity index (χ3n) is 7.21. The summed E-state index contributed by atoms with van der Waals surface area (Å²) in [7, 11) is 3.08. The summed E-state index contributed by atoms with van der Waals surface area (Å²) in [4.78, 5) is 16.4. The lowest BCUT2D eigenvalue weighted by Gasteiger charge is -2.18. The molecule has 1 aromatic heterocycles. The summed E-state index contributed by atoms with van der Waals surface area (Å²) in [5.41, 5.74) is 5.35.